The summed E-state index contributed by atoms with van der Waals surface area (Å²) >= 11 is 0. The van der Waals surface area contributed by atoms with Gasteiger partial charge >= 0.3 is 0 Å². The van der Waals surface area contributed by atoms with Gasteiger partial charge in [0.1, 0.15) is 6.17 Å². The molecule has 4 heteroatoms. The Labute approximate surface area is 101 Å². The average Bonchev–Trinajstić information content (AvgIpc) is 2.26. The molecule has 17 heavy (non-hydrogen) atoms. The standard InChI is InChI=1S/C13H16N2O2/c1-10(16)14-13(15-11(2)17)9-8-12-6-4-3-5-7-12/h3-9,13H,1-2H3,(H,14,16)(H,15,17)/b9-8+. The maximum Gasteiger partial charge on any atom is 0.218 e. The molecule has 0 spiro atoms. The molecule has 0 fully saturated rings. The molecule has 1 aromatic carbocycles. The molecule has 2 N–H and O–H groups in total. The van der Waals surface area contributed by atoms with Gasteiger partial charge in [-0.25, -0.2) is 0 Å². The third-order valence-corrected chi connectivity index (χ3v) is 2.00. The summed E-state index contributed by atoms with van der Waals surface area (Å²) in [6, 6.07) is 9.65. The fourth-order valence-electron chi connectivity index (χ4n) is 1.34. The number of carbonyl (C=O) groups excluding carboxylic acids is 2. The fourth-order valence-corrected chi connectivity index (χ4v) is 1.34. The minimum absolute atomic E-state index is 0.193. The van der Waals surface area contributed by atoms with Gasteiger partial charge in [0.05, 0.1) is 0 Å². The molecule has 0 saturated heterocycles. The van der Waals surface area contributed by atoms with E-state index in [2.05, 4.69) is 10.6 Å². The maximum absolute atomic E-state index is 11.0. The summed E-state index contributed by atoms with van der Waals surface area (Å²) in [5.41, 5.74) is 1.01. The van der Waals surface area contributed by atoms with E-state index in [0.717, 1.165) is 5.56 Å². The molecule has 0 radical (unpaired) electrons. The molecule has 1 aromatic rings. The summed E-state index contributed by atoms with van der Waals surface area (Å²) in [5.74, 6) is -0.386. The highest BCUT2D eigenvalue weighted by atomic mass is 16.2. The smallest absolute Gasteiger partial charge is 0.218 e. The Balaban J connectivity index is 2.68. The number of hydrogen-bond donors (Lipinski definition) is 2. The van der Waals surface area contributed by atoms with E-state index in [0.29, 0.717) is 0 Å². The molecular weight excluding hydrogens is 216 g/mol. The Morgan fingerprint density at radius 2 is 1.59 bits per heavy atom. The highest BCUT2D eigenvalue weighted by Crippen LogP contribution is 2.01. The number of hydrogen-bond acceptors (Lipinski definition) is 2. The molecule has 4 nitrogen and oxygen atoms in total. The predicted octanol–water partition coefficient (Wildman–Crippen LogP) is 1.30. The number of carbonyl (C=O) groups is 2. The molecule has 0 aliphatic carbocycles. The zero-order valence-corrected chi connectivity index (χ0v) is 9.94. The van der Waals surface area contributed by atoms with Gasteiger partial charge in [-0.1, -0.05) is 36.4 Å². The lowest BCUT2D eigenvalue weighted by Crippen LogP contribution is -2.45. The van der Waals surface area contributed by atoms with Crippen molar-refractivity contribution in [3.63, 3.8) is 0 Å². The Morgan fingerprint density at radius 1 is 1.06 bits per heavy atom. The molecule has 0 atom stereocenters. The van der Waals surface area contributed by atoms with Crippen molar-refractivity contribution in [3.05, 3.63) is 42.0 Å². The second-order valence-corrected chi connectivity index (χ2v) is 3.65. The largest absolute Gasteiger partial charge is 0.333 e. The second kappa shape index (κ2) is 6.48. The van der Waals surface area contributed by atoms with Crippen molar-refractivity contribution in [2.24, 2.45) is 0 Å². The van der Waals surface area contributed by atoms with E-state index in [1.54, 1.807) is 6.08 Å². The molecule has 90 valence electrons. The maximum atomic E-state index is 11.0. The van der Waals surface area contributed by atoms with E-state index in [1.807, 2.05) is 36.4 Å². The van der Waals surface area contributed by atoms with E-state index in [4.69, 9.17) is 0 Å². The first kappa shape index (κ1) is 13.0. The molecular formula is C13H16N2O2. The van der Waals surface area contributed by atoms with Crippen LogP contribution in [0.3, 0.4) is 0 Å². The molecule has 0 aromatic heterocycles. The van der Waals surface area contributed by atoms with Gasteiger partial charge in [-0.2, -0.15) is 0 Å². The Kier molecular flexibility index (Phi) is 4.94. The molecule has 0 aliphatic rings. The van der Waals surface area contributed by atoms with Crippen LogP contribution in [-0.4, -0.2) is 18.0 Å². The quantitative estimate of drug-likeness (QED) is 0.769. The van der Waals surface area contributed by atoms with Crippen molar-refractivity contribution in [1.82, 2.24) is 10.6 Å². The lowest BCUT2D eigenvalue weighted by Gasteiger charge is -2.14. The third-order valence-electron chi connectivity index (χ3n) is 2.00. The van der Waals surface area contributed by atoms with Crippen LogP contribution >= 0.6 is 0 Å². The van der Waals surface area contributed by atoms with Gasteiger partial charge < -0.3 is 10.6 Å². The van der Waals surface area contributed by atoms with E-state index in [1.165, 1.54) is 13.8 Å². The molecule has 2 amide bonds. The van der Waals surface area contributed by atoms with Crippen LogP contribution in [0.25, 0.3) is 6.08 Å². The van der Waals surface area contributed by atoms with Gasteiger partial charge in [0.2, 0.25) is 11.8 Å². The van der Waals surface area contributed by atoms with Crippen molar-refractivity contribution >= 4 is 17.9 Å². The summed E-state index contributed by atoms with van der Waals surface area (Å²) in [6.45, 7) is 2.82. The molecule has 0 heterocycles. The van der Waals surface area contributed by atoms with Gasteiger partial charge in [-0.3, -0.25) is 9.59 Å². The highest BCUT2D eigenvalue weighted by Gasteiger charge is 2.06. The summed E-state index contributed by atoms with van der Waals surface area (Å²) in [6.07, 6.45) is 3.10. The Bertz CT molecular complexity index is 397. The van der Waals surface area contributed by atoms with Crippen LogP contribution in [0.1, 0.15) is 19.4 Å². The van der Waals surface area contributed by atoms with Crippen LogP contribution in [0.15, 0.2) is 36.4 Å². The monoisotopic (exact) mass is 232 g/mol. The first-order valence-electron chi connectivity index (χ1n) is 5.35. The lowest BCUT2D eigenvalue weighted by atomic mass is 10.2. The Hall–Kier alpha value is -2.10. The van der Waals surface area contributed by atoms with Crippen LogP contribution in [0, 0.1) is 0 Å². The number of rotatable bonds is 4. The van der Waals surface area contributed by atoms with Gasteiger partial charge in [-0.15, -0.1) is 0 Å². The summed E-state index contributed by atoms with van der Waals surface area (Å²) in [5, 5.41) is 5.25. The van der Waals surface area contributed by atoms with Crippen LogP contribution in [0.2, 0.25) is 0 Å². The van der Waals surface area contributed by atoms with Crippen molar-refractivity contribution in [1.29, 1.82) is 0 Å². The first-order valence-corrected chi connectivity index (χ1v) is 5.35. The van der Waals surface area contributed by atoms with E-state index >= 15 is 0 Å². The fraction of sp³-hybridized carbons (Fsp3) is 0.231. The van der Waals surface area contributed by atoms with Gasteiger partial charge in [0.15, 0.2) is 0 Å². The molecule has 0 unspecified atom stereocenters. The van der Waals surface area contributed by atoms with Crippen LogP contribution in [0.5, 0.6) is 0 Å². The van der Waals surface area contributed by atoms with Crippen LogP contribution < -0.4 is 10.6 Å². The second-order valence-electron chi connectivity index (χ2n) is 3.65. The topological polar surface area (TPSA) is 58.2 Å². The normalized spacial score (nSPS) is 10.5. The van der Waals surface area contributed by atoms with E-state index < -0.39 is 6.17 Å². The highest BCUT2D eigenvalue weighted by molar-refractivity contribution is 5.77. The summed E-state index contributed by atoms with van der Waals surface area (Å²) in [7, 11) is 0. The Morgan fingerprint density at radius 3 is 2.06 bits per heavy atom. The van der Waals surface area contributed by atoms with E-state index in [9.17, 15) is 9.59 Å². The van der Waals surface area contributed by atoms with E-state index in [-0.39, 0.29) is 11.8 Å². The van der Waals surface area contributed by atoms with Crippen LogP contribution in [-0.2, 0) is 9.59 Å². The SMILES string of the molecule is CC(=O)NC(/C=C/c1ccccc1)NC(C)=O. The average molecular weight is 232 g/mol. The van der Waals surface area contributed by atoms with Gasteiger partial charge in [0.25, 0.3) is 0 Å². The van der Waals surface area contributed by atoms with Crippen molar-refractivity contribution in [3.8, 4) is 0 Å². The first-order chi connectivity index (χ1) is 8.08. The van der Waals surface area contributed by atoms with Gasteiger partial charge in [0, 0.05) is 13.8 Å². The molecule has 0 bridgehead atoms. The summed E-state index contributed by atoms with van der Waals surface area (Å²) in [4.78, 5) is 21.9. The van der Waals surface area contributed by atoms with Crippen molar-refractivity contribution in [2.75, 3.05) is 0 Å². The van der Waals surface area contributed by atoms with Crippen molar-refractivity contribution < 1.29 is 9.59 Å². The summed E-state index contributed by atoms with van der Waals surface area (Å²) < 4.78 is 0. The zero-order chi connectivity index (χ0) is 12.7. The lowest BCUT2D eigenvalue weighted by molar-refractivity contribution is -0.121. The van der Waals surface area contributed by atoms with Crippen LogP contribution in [0.4, 0.5) is 0 Å². The minimum Gasteiger partial charge on any atom is -0.333 e. The van der Waals surface area contributed by atoms with Crippen molar-refractivity contribution in [2.45, 2.75) is 20.0 Å². The molecule has 0 aliphatic heterocycles. The molecule has 1 rings (SSSR count). The number of benzene rings is 1. The molecule has 0 saturated carbocycles. The third kappa shape index (κ3) is 5.51. The predicted molar refractivity (Wildman–Crippen MR) is 66.9 cm³/mol. The minimum atomic E-state index is -0.481. The number of nitrogens with one attached hydrogen (secondary N) is 2. The number of amides is 2. The zero-order valence-electron chi connectivity index (χ0n) is 9.94. The van der Waals surface area contributed by atoms with Gasteiger partial charge in [-0.05, 0) is 11.6 Å².